The van der Waals surface area contributed by atoms with Crippen molar-refractivity contribution in [1.29, 1.82) is 0 Å². The van der Waals surface area contributed by atoms with Gasteiger partial charge in [0.1, 0.15) is 17.7 Å². The first-order valence-electron chi connectivity index (χ1n) is 5.79. The Morgan fingerprint density at radius 2 is 2.05 bits per heavy atom. The van der Waals surface area contributed by atoms with Crippen LogP contribution in [0.3, 0.4) is 0 Å². The van der Waals surface area contributed by atoms with Gasteiger partial charge in [-0.25, -0.2) is 18.4 Å². The van der Waals surface area contributed by atoms with E-state index in [1.54, 1.807) is 6.26 Å². The summed E-state index contributed by atoms with van der Waals surface area (Å²) in [4.78, 5) is 22.6. The Hall–Kier alpha value is -1.35. The van der Waals surface area contributed by atoms with E-state index in [2.05, 4.69) is 26.6 Å². The standard InChI is InChI=1S/C12H13BrF2N2O3S/c1-21-3-2-9(11(18)19)16-12(20)17-10-5-7(14)6(13)4-8(10)15/h4-5,9H,2-3H2,1H3,(H,18,19)(H2,16,17,20)/t9-/m0/s1. The van der Waals surface area contributed by atoms with E-state index >= 15 is 0 Å². The molecule has 0 bridgehead atoms. The smallest absolute Gasteiger partial charge is 0.326 e. The number of hydrogen-bond donors (Lipinski definition) is 3. The van der Waals surface area contributed by atoms with Crippen molar-refractivity contribution in [3.8, 4) is 0 Å². The molecule has 116 valence electrons. The van der Waals surface area contributed by atoms with E-state index in [-0.39, 0.29) is 16.6 Å². The third kappa shape index (κ3) is 5.50. The second kappa shape index (κ2) is 8.18. The lowest BCUT2D eigenvalue weighted by atomic mass is 10.2. The molecule has 0 saturated heterocycles. The number of benzene rings is 1. The van der Waals surface area contributed by atoms with Crippen molar-refractivity contribution in [3.63, 3.8) is 0 Å². The van der Waals surface area contributed by atoms with Crippen molar-refractivity contribution in [2.45, 2.75) is 12.5 Å². The van der Waals surface area contributed by atoms with Crippen LogP contribution in [-0.4, -0.2) is 35.2 Å². The molecule has 0 aliphatic heterocycles. The van der Waals surface area contributed by atoms with E-state index in [1.165, 1.54) is 11.8 Å². The van der Waals surface area contributed by atoms with Crippen LogP contribution in [0.5, 0.6) is 0 Å². The van der Waals surface area contributed by atoms with E-state index < -0.39 is 29.7 Å². The Balaban J connectivity index is 2.72. The summed E-state index contributed by atoms with van der Waals surface area (Å²) in [5.74, 6) is -2.24. The molecule has 0 aliphatic rings. The summed E-state index contributed by atoms with van der Waals surface area (Å²) in [6.07, 6.45) is 2.03. The molecule has 0 spiro atoms. The van der Waals surface area contributed by atoms with E-state index in [1.807, 2.05) is 0 Å². The van der Waals surface area contributed by atoms with Crippen molar-refractivity contribution in [2.75, 3.05) is 17.3 Å². The number of urea groups is 1. The normalized spacial score (nSPS) is 11.8. The zero-order valence-corrected chi connectivity index (χ0v) is 13.4. The molecule has 1 aromatic rings. The quantitative estimate of drug-likeness (QED) is 0.660. The van der Waals surface area contributed by atoms with Crippen molar-refractivity contribution in [2.24, 2.45) is 0 Å². The van der Waals surface area contributed by atoms with Crippen LogP contribution in [0, 0.1) is 11.6 Å². The topological polar surface area (TPSA) is 78.4 Å². The first-order valence-corrected chi connectivity index (χ1v) is 7.97. The maximum atomic E-state index is 13.5. The number of thioether (sulfide) groups is 1. The number of carboxylic acid groups (broad SMARTS) is 1. The minimum atomic E-state index is -1.19. The number of nitrogens with one attached hydrogen (secondary N) is 2. The summed E-state index contributed by atoms with van der Waals surface area (Å²) >= 11 is 4.25. The van der Waals surface area contributed by atoms with Crippen molar-refractivity contribution in [3.05, 3.63) is 28.2 Å². The summed E-state index contributed by atoms with van der Waals surface area (Å²) in [6.45, 7) is 0. The lowest BCUT2D eigenvalue weighted by Gasteiger charge is -2.15. The molecule has 0 saturated carbocycles. The van der Waals surface area contributed by atoms with Gasteiger partial charge in [-0.15, -0.1) is 0 Å². The van der Waals surface area contributed by atoms with Gasteiger partial charge in [0.05, 0.1) is 10.2 Å². The van der Waals surface area contributed by atoms with Crippen LogP contribution in [0.1, 0.15) is 6.42 Å². The number of amides is 2. The Morgan fingerprint density at radius 1 is 1.38 bits per heavy atom. The Labute approximate surface area is 132 Å². The lowest BCUT2D eigenvalue weighted by Crippen LogP contribution is -2.43. The molecule has 1 aromatic carbocycles. The predicted octanol–water partition coefficient (Wildman–Crippen LogP) is 3.06. The maximum Gasteiger partial charge on any atom is 0.326 e. The number of hydrogen-bond acceptors (Lipinski definition) is 3. The summed E-state index contributed by atoms with van der Waals surface area (Å²) in [7, 11) is 0. The van der Waals surface area contributed by atoms with Crippen LogP contribution in [-0.2, 0) is 4.79 Å². The van der Waals surface area contributed by atoms with Crippen LogP contribution < -0.4 is 10.6 Å². The van der Waals surface area contributed by atoms with Gasteiger partial charge in [0.2, 0.25) is 0 Å². The minimum absolute atomic E-state index is 0.0747. The highest BCUT2D eigenvalue weighted by Gasteiger charge is 2.20. The van der Waals surface area contributed by atoms with Gasteiger partial charge >= 0.3 is 12.0 Å². The SMILES string of the molecule is CSCC[C@H](NC(=O)Nc1cc(F)c(Br)cc1F)C(=O)O. The van der Waals surface area contributed by atoms with E-state index in [4.69, 9.17) is 5.11 Å². The third-order valence-corrected chi connectivity index (χ3v) is 3.72. The minimum Gasteiger partial charge on any atom is -0.480 e. The fourth-order valence-corrected chi connectivity index (χ4v) is 2.21. The van der Waals surface area contributed by atoms with E-state index in [0.717, 1.165) is 12.1 Å². The maximum absolute atomic E-state index is 13.5. The highest BCUT2D eigenvalue weighted by Crippen LogP contribution is 2.23. The van der Waals surface area contributed by atoms with Crippen LogP contribution in [0.2, 0.25) is 0 Å². The van der Waals surface area contributed by atoms with E-state index in [0.29, 0.717) is 5.75 Å². The number of carbonyl (C=O) groups is 2. The number of rotatable bonds is 6. The molecular weight excluding hydrogens is 370 g/mol. The van der Waals surface area contributed by atoms with E-state index in [9.17, 15) is 18.4 Å². The molecule has 0 aliphatic carbocycles. The van der Waals surface area contributed by atoms with Gasteiger partial charge in [-0.05, 0) is 40.4 Å². The predicted molar refractivity (Wildman–Crippen MR) is 80.6 cm³/mol. The molecule has 0 radical (unpaired) electrons. The van der Waals surface area contributed by atoms with Crippen LogP contribution in [0.4, 0.5) is 19.3 Å². The number of aliphatic carboxylic acids is 1. The summed E-state index contributed by atoms with van der Waals surface area (Å²) in [6, 6.07) is -0.339. The average Bonchev–Trinajstić information content (AvgIpc) is 2.40. The molecule has 1 rings (SSSR count). The molecule has 0 aromatic heterocycles. The average molecular weight is 383 g/mol. The zero-order valence-electron chi connectivity index (χ0n) is 11.0. The molecule has 5 nitrogen and oxygen atoms in total. The number of halogens is 3. The van der Waals surface area contributed by atoms with Crippen molar-refractivity contribution < 1.29 is 23.5 Å². The summed E-state index contributed by atoms with van der Waals surface area (Å²) < 4.78 is 26.7. The molecular formula is C12H13BrF2N2O3S. The number of anilines is 1. The van der Waals surface area contributed by atoms with Gasteiger partial charge in [0, 0.05) is 6.07 Å². The second-order valence-electron chi connectivity index (χ2n) is 4.02. The van der Waals surface area contributed by atoms with Gasteiger partial charge in [0.15, 0.2) is 0 Å². The summed E-state index contributed by atoms with van der Waals surface area (Å²) in [5.41, 5.74) is -0.373. The third-order valence-electron chi connectivity index (χ3n) is 2.47. The highest BCUT2D eigenvalue weighted by atomic mass is 79.9. The fourth-order valence-electron chi connectivity index (χ4n) is 1.43. The van der Waals surface area contributed by atoms with Gasteiger partial charge in [-0.1, -0.05) is 0 Å². The van der Waals surface area contributed by atoms with Crippen LogP contribution in [0.25, 0.3) is 0 Å². The summed E-state index contributed by atoms with van der Waals surface area (Å²) in [5, 5.41) is 13.2. The molecule has 1 atom stereocenters. The Kier molecular flexibility index (Phi) is 6.90. The molecule has 0 unspecified atom stereocenters. The van der Waals surface area contributed by atoms with Crippen molar-refractivity contribution in [1.82, 2.24) is 5.32 Å². The van der Waals surface area contributed by atoms with Crippen LogP contribution >= 0.6 is 27.7 Å². The molecule has 0 heterocycles. The van der Waals surface area contributed by atoms with Gasteiger partial charge < -0.3 is 15.7 Å². The first-order chi connectivity index (χ1) is 9.85. The first kappa shape index (κ1) is 17.7. The number of carboxylic acids is 1. The van der Waals surface area contributed by atoms with Crippen LogP contribution in [0.15, 0.2) is 16.6 Å². The monoisotopic (exact) mass is 382 g/mol. The molecule has 9 heteroatoms. The largest absolute Gasteiger partial charge is 0.480 e. The van der Waals surface area contributed by atoms with Gasteiger partial charge in [-0.3, -0.25) is 0 Å². The molecule has 2 amide bonds. The Morgan fingerprint density at radius 3 is 2.62 bits per heavy atom. The number of carbonyl (C=O) groups excluding carboxylic acids is 1. The molecule has 21 heavy (non-hydrogen) atoms. The molecule has 0 fully saturated rings. The fraction of sp³-hybridized carbons (Fsp3) is 0.333. The molecule has 3 N–H and O–H groups in total. The van der Waals surface area contributed by atoms with Gasteiger partial charge in [-0.2, -0.15) is 11.8 Å². The highest BCUT2D eigenvalue weighted by molar-refractivity contribution is 9.10. The lowest BCUT2D eigenvalue weighted by molar-refractivity contribution is -0.139. The zero-order chi connectivity index (χ0) is 16.0. The Bertz CT molecular complexity index is 545. The second-order valence-corrected chi connectivity index (χ2v) is 5.86. The van der Waals surface area contributed by atoms with Crippen molar-refractivity contribution >= 4 is 45.4 Å². The van der Waals surface area contributed by atoms with Gasteiger partial charge in [0.25, 0.3) is 0 Å².